The van der Waals surface area contributed by atoms with Crippen molar-refractivity contribution in [3.05, 3.63) is 90.5 Å². The minimum absolute atomic E-state index is 0.0221. The van der Waals surface area contributed by atoms with Crippen molar-refractivity contribution in [1.82, 2.24) is 9.80 Å². The van der Waals surface area contributed by atoms with E-state index in [-0.39, 0.29) is 42.0 Å². The average Bonchev–Trinajstić information content (AvgIpc) is 3.56. The van der Waals surface area contributed by atoms with Crippen LogP contribution in [0.25, 0.3) is 0 Å². The summed E-state index contributed by atoms with van der Waals surface area (Å²) in [6.07, 6.45) is 4.02. The topological polar surface area (TPSA) is 81.2 Å². The normalized spacial score (nSPS) is 28.7. The Hall–Kier alpha value is -3.07. The van der Waals surface area contributed by atoms with Crippen LogP contribution >= 0.6 is 23.4 Å². The smallest absolute Gasteiger partial charge is 0.251 e. The monoisotopic (exact) mass is 593 g/mol. The van der Waals surface area contributed by atoms with Crippen molar-refractivity contribution >= 4 is 46.8 Å². The summed E-state index contributed by atoms with van der Waals surface area (Å²) in [4.78, 5) is 48.2. The number of likely N-dealkylation sites (tertiary alicyclic amines) is 1. The maximum Gasteiger partial charge on any atom is 0.251 e. The Morgan fingerprint density at radius 1 is 1.12 bits per heavy atom. The molecule has 0 aliphatic carbocycles. The number of aliphatic hydroxyl groups is 1. The lowest BCUT2D eigenvalue weighted by Gasteiger charge is -2.42. The van der Waals surface area contributed by atoms with Crippen LogP contribution in [0.5, 0.6) is 0 Å². The van der Waals surface area contributed by atoms with Crippen LogP contribution in [0.4, 0.5) is 5.69 Å². The molecule has 0 saturated carbocycles. The van der Waals surface area contributed by atoms with Gasteiger partial charge in [-0.2, -0.15) is 0 Å². The van der Waals surface area contributed by atoms with E-state index in [0.717, 1.165) is 5.56 Å². The van der Waals surface area contributed by atoms with E-state index in [4.69, 9.17) is 11.6 Å². The summed E-state index contributed by atoms with van der Waals surface area (Å²) in [5.41, 5.74) is 1.25. The van der Waals surface area contributed by atoms with Gasteiger partial charge in [-0.15, -0.1) is 24.9 Å². The molecule has 3 saturated heterocycles. The first-order valence-electron chi connectivity index (χ1n) is 13.9. The molecule has 41 heavy (non-hydrogen) atoms. The molecule has 0 radical (unpaired) electrons. The van der Waals surface area contributed by atoms with E-state index in [1.807, 2.05) is 36.4 Å². The number of hydrogen-bond donors (Lipinski definition) is 1. The molecule has 1 N–H and O–H groups in total. The van der Waals surface area contributed by atoms with Crippen LogP contribution in [0.2, 0.25) is 5.02 Å². The standard InChI is InChI=1S/C32H36ClN3O4S/c1-5-16-34(4)29(38)26-25-18-20(3)32(41-25)27(26)30(39)36(24(19-37)21-12-8-7-9-13-21)28(32)31(40)35(17-6-2)23-15-11-10-14-22(23)33/h5-15,20,24-28,37H,1-2,16-19H2,3-4H3/t20?,24-,25-,26+,27+,28?,32?/m1/s1. The second-order valence-electron chi connectivity index (χ2n) is 11.1. The summed E-state index contributed by atoms with van der Waals surface area (Å²) in [6.45, 7) is 9.90. The molecule has 2 aromatic rings. The number of fused-ring (bicyclic) bond motifs is 1. The Balaban J connectivity index is 1.69. The highest BCUT2D eigenvalue weighted by Gasteiger charge is 2.77. The summed E-state index contributed by atoms with van der Waals surface area (Å²) in [5.74, 6) is -1.98. The third-order valence-electron chi connectivity index (χ3n) is 8.90. The van der Waals surface area contributed by atoms with Crippen molar-refractivity contribution in [2.45, 2.75) is 35.4 Å². The number of rotatable bonds is 10. The van der Waals surface area contributed by atoms with Crippen LogP contribution in [0, 0.1) is 17.8 Å². The summed E-state index contributed by atoms with van der Waals surface area (Å²) >= 11 is 8.20. The van der Waals surface area contributed by atoms with Gasteiger partial charge >= 0.3 is 0 Å². The minimum Gasteiger partial charge on any atom is -0.394 e. The van der Waals surface area contributed by atoms with Gasteiger partial charge in [0.2, 0.25) is 11.8 Å². The number of nitrogens with zero attached hydrogens (tertiary/aromatic N) is 3. The van der Waals surface area contributed by atoms with Crippen LogP contribution in [-0.2, 0) is 14.4 Å². The fourth-order valence-corrected chi connectivity index (χ4v) is 9.81. The van der Waals surface area contributed by atoms with Crippen LogP contribution < -0.4 is 4.90 Å². The summed E-state index contributed by atoms with van der Waals surface area (Å²) in [7, 11) is 1.72. The van der Waals surface area contributed by atoms with Gasteiger partial charge in [0.15, 0.2) is 0 Å². The summed E-state index contributed by atoms with van der Waals surface area (Å²) in [6, 6.07) is 14.7. The summed E-state index contributed by atoms with van der Waals surface area (Å²) < 4.78 is -0.850. The maximum absolute atomic E-state index is 14.9. The Bertz CT molecular complexity index is 1360. The molecule has 1 spiro atoms. The quantitative estimate of drug-likeness (QED) is 0.408. The van der Waals surface area contributed by atoms with Crippen LogP contribution in [0.1, 0.15) is 24.9 Å². The maximum atomic E-state index is 14.9. The number of para-hydroxylation sites is 1. The molecular formula is C32H36ClN3O4S. The number of anilines is 1. The van der Waals surface area contributed by atoms with E-state index >= 15 is 0 Å². The molecule has 3 fully saturated rings. The molecule has 216 valence electrons. The first kappa shape index (κ1) is 29.4. The number of hydrogen-bond acceptors (Lipinski definition) is 5. The van der Waals surface area contributed by atoms with Crippen molar-refractivity contribution in [2.75, 3.05) is 31.6 Å². The molecule has 3 amide bonds. The number of carbonyl (C=O) groups excluding carboxylic acids is 3. The van der Waals surface area contributed by atoms with E-state index in [9.17, 15) is 19.5 Å². The van der Waals surface area contributed by atoms with Gasteiger partial charge in [-0.25, -0.2) is 0 Å². The molecule has 0 aromatic heterocycles. The third-order valence-corrected chi connectivity index (χ3v) is 11.3. The molecule has 3 unspecified atom stereocenters. The molecule has 3 aliphatic heterocycles. The van der Waals surface area contributed by atoms with Gasteiger partial charge in [0.1, 0.15) is 6.04 Å². The van der Waals surface area contributed by atoms with E-state index in [1.165, 1.54) is 0 Å². The van der Waals surface area contributed by atoms with E-state index in [1.54, 1.807) is 63.9 Å². The van der Waals surface area contributed by atoms with Gasteiger partial charge in [0.25, 0.3) is 5.91 Å². The Morgan fingerprint density at radius 2 is 1.78 bits per heavy atom. The van der Waals surface area contributed by atoms with E-state index < -0.39 is 28.7 Å². The van der Waals surface area contributed by atoms with Gasteiger partial charge < -0.3 is 19.8 Å². The van der Waals surface area contributed by atoms with Gasteiger partial charge in [0.05, 0.1) is 39.9 Å². The Kier molecular flexibility index (Phi) is 8.37. The van der Waals surface area contributed by atoms with Crippen LogP contribution in [0.3, 0.4) is 0 Å². The Labute approximate surface area is 250 Å². The number of carbonyl (C=O) groups is 3. The third kappa shape index (κ3) is 4.60. The fourth-order valence-electron chi connectivity index (χ4n) is 7.18. The zero-order valence-corrected chi connectivity index (χ0v) is 24.9. The SMILES string of the molecule is C=CCN(C)C(=O)[C@@H]1[C@H]2C(=O)N([C@H](CO)c3ccccc3)C(C(=O)N(CC=C)c3ccccc3Cl)C23S[C@@H]1CC3C. The molecule has 2 bridgehead atoms. The number of aliphatic hydroxyl groups excluding tert-OH is 1. The summed E-state index contributed by atoms with van der Waals surface area (Å²) in [5, 5.41) is 11.1. The van der Waals surface area contributed by atoms with E-state index in [2.05, 4.69) is 20.1 Å². The zero-order valence-electron chi connectivity index (χ0n) is 23.4. The van der Waals surface area contributed by atoms with Crippen molar-refractivity contribution in [3.63, 3.8) is 0 Å². The second-order valence-corrected chi connectivity index (χ2v) is 13.1. The van der Waals surface area contributed by atoms with Crippen LogP contribution in [0.15, 0.2) is 79.9 Å². The van der Waals surface area contributed by atoms with Crippen molar-refractivity contribution in [3.8, 4) is 0 Å². The van der Waals surface area contributed by atoms with E-state index in [0.29, 0.717) is 23.7 Å². The largest absolute Gasteiger partial charge is 0.394 e. The first-order chi connectivity index (χ1) is 19.7. The van der Waals surface area contributed by atoms with Crippen molar-refractivity contribution in [2.24, 2.45) is 17.8 Å². The number of thioether (sulfide) groups is 1. The van der Waals surface area contributed by atoms with Gasteiger partial charge in [0, 0.05) is 25.4 Å². The lowest BCUT2D eigenvalue weighted by Crippen LogP contribution is -2.58. The predicted molar refractivity (Wildman–Crippen MR) is 164 cm³/mol. The molecule has 7 atom stereocenters. The number of likely N-dealkylation sites (N-methyl/N-ethyl adjacent to an activating group) is 1. The average molecular weight is 594 g/mol. The molecular weight excluding hydrogens is 558 g/mol. The molecule has 3 heterocycles. The predicted octanol–water partition coefficient (Wildman–Crippen LogP) is 4.57. The zero-order chi connectivity index (χ0) is 29.5. The first-order valence-corrected chi connectivity index (χ1v) is 15.2. The lowest BCUT2D eigenvalue weighted by molar-refractivity contribution is -0.145. The number of amides is 3. The highest BCUT2D eigenvalue weighted by Crippen LogP contribution is 2.69. The fraction of sp³-hybridized carbons (Fsp3) is 0.406. The molecule has 2 aromatic carbocycles. The molecule has 7 nitrogen and oxygen atoms in total. The minimum atomic E-state index is -0.930. The molecule has 5 rings (SSSR count). The van der Waals surface area contributed by atoms with Crippen LogP contribution in [-0.4, -0.2) is 75.4 Å². The Morgan fingerprint density at radius 3 is 2.41 bits per heavy atom. The molecule has 9 heteroatoms. The van der Waals surface area contributed by atoms with Gasteiger partial charge in [-0.05, 0) is 30.0 Å². The van der Waals surface area contributed by atoms with Gasteiger partial charge in [-0.3, -0.25) is 14.4 Å². The highest BCUT2D eigenvalue weighted by atomic mass is 35.5. The van der Waals surface area contributed by atoms with Gasteiger partial charge in [-0.1, -0.05) is 73.1 Å². The molecule has 3 aliphatic rings. The second kappa shape index (κ2) is 11.7. The highest BCUT2D eigenvalue weighted by molar-refractivity contribution is 8.02. The number of halogens is 1. The van der Waals surface area contributed by atoms with Crippen molar-refractivity contribution in [1.29, 1.82) is 0 Å². The van der Waals surface area contributed by atoms with Crippen molar-refractivity contribution < 1.29 is 19.5 Å². The lowest BCUT2D eigenvalue weighted by atomic mass is 9.65. The number of benzene rings is 2.